The molecule has 0 aromatic carbocycles. The van der Waals surface area contributed by atoms with E-state index in [0.29, 0.717) is 19.5 Å². The van der Waals surface area contributed by atoms with Gasteiger partial charge in [-0.15, -0.1) is 11.3 Å². The molecule has 4 bridgehead atoms. The third-order valence-corrected chi connectivity index (χ3v) is 7.04. The maximum atomic E-state index is 12.8. The molecule has 0 radical (unpaired) electrons. The smallest absolute Gasteiger partial charge is 0.226 e. The number of thiophene rings is 1. The molecule has 0 saturated heterocycles. The average Bonchev–Trinajstić information content (AvgIpc) is 3.03. The second-order valence-corrected chi connectivity index (χ2v) is 9.09. The van der Waals surface area contributed by atoms with Crippen LogP contribution >= 0.6 is 11.3 Å². The van der Waals surface area contributed by atoms with Crippen LogP contribution in [-0.4, -0.2) is 24.9 Å². The van der Waals surface area contributed by atoms with Crippen LogP contribution in [0.2, 0.25) is 0 Å². The third-order valence-electron chi connectivity index (χ3n) is 6.17. The first-order valence-corrected chi connectivity index (χ1v) is 10.1. The molecule has 0 unspecified atom stereocenters. The van der Waals surface area contributed by atoms with Gasteiger partial charge in [0.05, 0.1) is 6.42 Å². The minimum atomic E-state index is -0.0876. The summed E-state index contributed by atoms with van der Waals surface area (Å²) in [6, 6.07) is 3.93. The van der Waals surface area contributed by atoms with Crippen molar-refractivity contribution >= 4 is 23.2 Å². The monoisotopic (exact) mass is 346 g/mol. The Bertz CT molecular complexity index is 576. The van der Waals surface area contributed by atoms with Crippen molar-refractivity contribution < 1.29 is 9.59 Å². The second kappa shape index (κ2) is 6.51. The number of hydrogen-bond donors (Lipinski definition) is 2. The molecule has 130 valence electrons. The number of hydrogen-bond acceptors (Lipinski definition) is 3. The van der Waals surface area contributed by atoms with E-state index in [4.69, 9.17) is 0 Å². The lowest BCUT2D eigenvalue weighted by atomic mass is 9.49. The Hall–Kier alpha value is -1.36. The van der Waals surface area contributed by atoms with E-state index in [1.165, 1.54) is 19.3 Å². The summed E-state index contributed by atoms with van der Waals surface area (Å²) in [4.78, 5) is 25.7. The maximum Gasteiger partial charge on any atom is 0.226 e. The zero-order valence-electron chi connectivity index (χ0n) is 14.1. The Kier molecular flexibility index (Phi) is 4.37. The SMILES string of the molecule is O=C(Cc1cccs1)NCCNC(=O)C12CC3CC(CC(C3)C1)C2. The van der Waals surface area contributed by atoms with Crippen LogP contribution in [0.25, 0.3) is 0 Å². The summed E-state index contributed by atoms with van der Waals surface area (Å²) in [6.45, 7) is 1.05. The van der Waals surface area contributed by atoms with E-state index in [9.17, 15) is 9.59 Å². The highest BCUT2D eigenvalue weighted by Gasteiger charge is 2.54. The topological polar surface area (TPSA) is 58.2 Å². The van der Waals surface area contributed by atoms with E-state index in [-0.39, 0.29) is 17.2 Å². The molecule has 1 aromatic heterocycles. The Labute approximate surface area is 147 Å². The van der Waals surface area contributed by atoms with Gasteiger partial charge in [0, 0.05) is 23.4 Å². The molecule has 4 aliphatic rings. The number of rotatable bonds is 6. The van der Waals surface area contributed by atoms with Crippen LogP contribution < -0.4 is 10.6 Å². The highest BCUT2D eigenvalue weighted by atomic mass is 32.1. The third kappa shape index (κ3) is 3.23. The first-order chi connectivity index (χ1) is 11.6. The molecular formula is C19H26N2O2S. The van der Waals surface area contributed by atoms with E-state index in [1.54, 1.807) is 11.3 Å². The molecule has 0 atom stereocenters. The maximum absolute atomic E-state index is 12.8. The Morgan fingerprint density at radius 2 is 1.67 bits per heavy atom. The van der Waals surface area contributed by atoms with Crippen molar-refractivity contribution in [2.45, 2.75) is 44.9 Å². The van der Waals surface area contributed by atoms with E-state index >= 15 is 0 Å². The predicted molar refractivity (Wildman–Crippen MR) is 94.6 cm³/mol. The lowest BCUT2D eigenvalue weighted by molar-refractivity contribution is -0.146. The Morgan fingerprint density at radius 3 is 2.25 bits per heavy atom. The number of carbonyl (C=O) groups is 2. The minimum Gasteiger partial charge on any atom is -0.354 e. The standard InChI is InChI=1S/C19H26N2O2S/c22-17(9-16-2-1-5-24-16)20-3-4-21-18(23)19-10-13-6-14(11-19)8-15(7-13)12-19/h1-2,5,13-15H,3-4,6-12H2,(H,20,22)(H,21,23). The van der Waals surface area contributed by atoms with Crippen LogP contribution in [0.15, 0.2) is 17.5 Å². The van der Waals surface area contributed by atoms with Crippen molar-refractivity contribution in [2.75, 3.05) is 13.1 Å². The predicted octanol–water partition coefficient (Wildman–Crippen LogP) is 2.74. The van der Waals surface area contributed by atoms with Crippen molar-refractivity contribution in [1.82, 2.24) is 10.6 Å². The van der Waals surface area contributed by atoms with Gasteiger partial charge in [0.1, 0.15) is 0 Å². The molecule has 1 aromatic rings. The van der Waals surface area contributed by atoms with E-state index in [2.05, 4.69) is 10.6 Å². The van der Waals surface area contributed by atoms with Crippen molar-refractivity contribution in [3.8, 4) is 0 Å². The molecule has 4 fully saturated rings. The first-order valence-electron chi connectivity index (χ1n) is 9.20. The number of nitrogens with one attached hydrogen (secondary N) is 2. The Balaban J connectivity index is 1.22. The molecule has 0 spiro atoms. The quantitative estimate of drug-likeness (QED) is 0.778. The fourth-order valence-corrected chi connectivity index (χ4v) is 6.29. The molecule has 4 saturated carbocycles. The van der Waals surface area contributed by atoms with Gasteiger partial charge < -0.3 is 10.6 Å². The fraction of sp³-hybridized carbons (Fsp3) is 0.684. The molecule has 0 aliphatic heterocycles. The molecule has 4 nitrogen and oxygen atoms in total. The lowest BCUT2D eigenvalue weighted by Crippen LogP contribution is -2.54. The van der Waals surface area contributed by atoms with Gasteiger partial charge in [0.2, 0.25) is 11.8 Å². The zero-order valence-corrected chi connectivity index (χ0v) is 14.9. The highest BCUT2D eigenvalue weighted by molar-refractivity contribution is 7.10. The van der Waals surface area contributed by atoms with Crippen LogP contribution in [0.1, 0.15) is 43.4 Å². The van der Waals surface area contributed by atoms with Crippen LogP contribution in [0.3, 0.4) is 0 Å². The largest absolute Gasteiger partial charge is 0.354 e. The van der Waals surface area contributed by atoms with Crippen molar-refractivity contribution in [3.63, 3.8) is 0 Å². The van der Waals surface area contributed by atoms with Crippen LogP contribution in [0.5, 0.6) is 0 Å². The molecule has 4 aliphatic carbocycles. The van der Waals surface area contributed by atoms with E-state index < -0.39 is 0 Å². The first kappa shape index (κ1) is 16.1. The van der Waals surface area contributed by atoms with Crippen LogP contribution in [0.4, 0.5) is 0 Å². The van der Waals surface area contributed by atoms with Gasteiger partial charge in [0.25, 0.3) is 0 Å². The van der Waals surface area contributed by atoms with Gasteiger partial charge in [-0.25, -0.2) is 0 Å². The van der Waals surface area contributed by atoms with E-state index in [0.717, 1.165) is 41.9 Å². The van der Waals surface area contributed by atoms with Gasteiger partial charge in [-0.3, -0.25) is 9.59 Å². The summed E-state index contributed by atoms with van der Waals surface area (Å²) in [5.74, 6) is 2.63. The number of amides is 2. The van der Waals surface area contributed by atoms with Gasteiger partial charge in [-0.1, -0.05) is 6.07 Å². The van der Waals surface area contributed by atoms with Crippen molar-refractivity contribution in [1.29, 1.82) is 0 Å². The molecule has 24 heavy (non-hydrogen) atoms. The second-order valence-electron chi connectivity index (χ2n) is 8.06. The highest BCUT2D eigenvalue weighted by Crippen LogP contribution is 2.60. The summed E-state index contributed by atoms with van der Waals surface area (Å²) in [6.07, 6.45) is 7.77. The molecule has 5 rings (SSSR count). The van der Waals surface area contributed by atoms with Gasteiger partial charge in [-0.05, 0) is 67.7 Å². The van der Waals surface area contributed by atoms with Gasteiger partial charge in [-0.2, -0.15) is 0 Å². The summed E-state index contributed by atoms with van der Waals surface area (Å²) in [5.41, 5.74) is -0.0876. The molecule has 1 heterocycles. The molecule has 2 amide bonds. The van der Waals surface area contributed by atoms with E-state index in [1.807, 2.05) is 17.5 Å². The summed E-state index contributed by atoms with van der Waals surface area (Å²) in [5, 5.41) is 7.99. The van der Waals surface area contributed by atoms with Crippen LogP contribution in [-0.2, 0) is 16.0 Å². The lowest BCUT2D eigenvalue weighted by Gasteiger charge is -2.55. The number of carbonyl (C=O) groups excluding carboxylic acids is 2. The summed E-state index contributed by atoms with van der Waals surface area (Å²) >= 11 is 1.60. The average molecular weight is 346 g/mol. The van der Waals surface area contributed by atoms with Crippen LogP contribution in [0, 0.1) is 23.2 Å². The zero-order chi connectivity index (χ0) is 16.6. The van der Waals surface area contributed by atoms with Crippen molar-refractivity contribution in [3.05, 3.63) is 22.4 Å². The molecular weight excluding hydrogens is 320 g/mol. The normalized spacial score (nSPS) is 33.4. The Morgan fingerprint density at radius 1 is 1.04 bits per heavy atom. The van der Waals surface area contributed by atoms with Crippen molar-refractivity contribution in [2.24, 2.45) is 23.2 Å². The molecule has 5 heteroatoms. The minimum absolute atomic E-state index is 0.0292. The summed E-state index contributed by atoms with van der Waals surface area (Å²) in [7, 11) is 0. The van der Waals surface area contributed by atoms with Gasteiger partial charge >= 0.3 is 0 Å². The van der Waals surface area contributed by atoms with Gasteiger partial charge in [0.15, 0.2) is 0 Å². The fourth-order valence-electron chi connectivity index (χ4n) is 5.59. The molecule has 2 N–H and O–H groups in total. The summed E-state index contributed by atoms with van der Waals surface area (Å²) < 4.78 is 0.